The largest absolute Gasteiger partial charge is 0.460 e. The summed E-state index contributed by atoms with van der Waals surface area (Å²) in [7, 11) is 0. The second kappa shape index (κ2) is 4.38. The standard InChI is InChI=1S/C11H14N2O2/c1-2-15-11(14)10-12-7-6-9(13-10)8-4-3-5-8/h6-8H,2-5H2,1H3. The maximum Gasteiger partial charge on any atom is 0.376 e. The molecule has 4 nitrogen and oxygen atoms in total. The Kier molecular flexibility index (Phi) is 2.94. The van der Waals surface area contributed by atoms with Crippen molar-refractivity contribution in [2.24, 2.45) is 0 Å². The van der Waals surface area contributed by atoms with Crippen LogP contribution < -0.4 is 0 Å². The molecular formula is C11H14N2O2. The average molecular weight is 206 g/mol. The summed E-state index contributed by atoms with van der Waals surface area (Å²) in [6.07, 6.45) is 5.22. The van der Waals surface area contributed by atoms with Gasteiger partial charge in [0.1, 0.15) is 0 Å². The lowest BCUT2D eigenvalue weighted by Crippen LogP contribution is -2.15. The van der Waals surface area contributed by atoms with Gasteiger partial charge in [0.25, 0.3) is 0 Å². The molecule has 0 spiro atoms. The first-order valence-electron chi connectivity index (χ1n) is 5.31. The Morgan fingerprint density at radius 1 is 1.60 bits per heavy atom. The maximum absolute atomic E-state index is 11.4. The van der Waals surface area contributed by atoms with Gasteiger partial charge in [0.15, 0.2) is 0 Å². The Morgan fingerprint density at radius 3 is 3.00 bits per heavy atom. The zero-order valence-corrected chi connectivity index (χ0v) is 8.77. The van der Waals surface area contributed by atoms with Gasteiger partial charge in [-0.15, -0.1) is 0 Å². The van der Waals surface area contributed by atoms with E-state index >= 15 is 0 Å². The highest BCUT2D eigenvalue weighted by atomic mass is 16.5. The summed E-state index contributed by atoms with van der Waals surface area (Å²) < 4.78 is 4.85. The molecule has 0 radical (unpaired) electrons. The minimum Gasteiger partial charge on any atom is -0.460 e. The summed E-state index contributed by atoms with van der Waals surface area (Å²) >= 11 is 0. The monoisotopic (exact) mass is 206 g/mol. The van der Waals surface area contributed by atoms with E-state index in [1.54, 1.807) is 13.1 Å². The summed E-state index contributed by atoms with van der Waals surface area (Å²) in [5, 5.41) is 0. The second-order valence-electron chi connectivity index (χ2n) is 3.65. The van der Waals surface area contributed by atoms with Crippen LogP contribution in [0.2, 0.25) is 0 Å². The van der Waals surface area contributed by atoms with Gasteiger partial charge in [-0.3, -0.25) is 0 Å². The molecule has 0 atom stereocenters. The number of hydrogen-bond donors (Lipinski definition) is 0. The van der Waals surface area contributed by atoms with Crippen LogP contribution in [0.1, 0.15) is 48.4 Å². The van der Waals surface area contributed by atoms with E-state index in [0.717, 1.165) is 5.69 Å². The van der Waals surface area contributed by atoms with Gasteiger partial charge in [-0.05, 0) is 25.8 Å². The van der Waals surface area contributed by atoms with Crippen molar-refractivity contribution in [2.75, 3.05) is 6.61 Å². The predicted molar refractivity (Wildman–Crippen MR) is 54.6 cm³/mol. The van der Waals surface area contributed by atoms with Gasteiger partial charge in [-0.25, -0.2) is 14.8 Å². The van der Waals surface area contributed by atoms with Crippen LogP contribution in [-0.4, -0.2) is 22.5 Å². The van der Waals surface area contributed by atoms with Gasteiger partial charge >= 0.3 is 5.97 Å². The van der Waals surface area contributed by atoms with Crippen molar-refractivity contribution < 1.29 is 9.53 Å². The van der Waals surface area contributed by atoms with E-state index in [-0.39, 0.29) is 5.82 Å². The van der Waals surface area contributed by atoms with Crippen LogP contribution >= 0.6 is 0 Å². The number of nitrogens with zero attached hydrogens (tertiary/aromatic N) is 2. The summed E-state index contributed by atoms with van der Waals surface area (Å²) in [6.45, 7) is 2.13. The predicted octanol–water partition coefficient (Wildman–Crippen LogP) is 1.92. The normalized spacial score (nSPS) is 15.8. The van der Waals surface area contributed by atoms with Crippen molar-refractivity contribution in [3.8, 4) is 0 Å². The van der Waals surface area contributed by atoms with Gasteiger partial charge in [-0.2, -0.15) is 0 Å². The van der Waals surface area contributed by atoms with Crippen LogP contribution in [-0.2, 0) is 4.74 Å². The summed E-state index contributed by atoms with van der Waals surface area (Å²) in [6, 6.07) is 1.88. The lowest BCUT2D eigenvalue weighted by molar-refractivity contribution is 0.0511. The van der Waals surface area contributed by atoms with Crippen LogP contribution in [0.25, 0.3) is 0 Å². The van der Waals surface area contributed by atoms with Gasteiger partial charge in [0, 0.05) is 17.8 Å². The van der Waals surface area contributed by atoms with Crippen LogP contribution in [0.4, 0.5) is 0 Å². The first-order valence-corrected chi connectivity index (χ1v) is 5.31. The van der Waals surface area contributed by atoms with Gasteiger partial charge in [0.05, 0.1) is 6.61 Å². The molecule has 1 aliphatic rings. The highest BCUT2D eigenvalue weighted by Crippen LogP contribution is 2.34. The fourth-order valence-electron chi connectivity index (χ4n) is 1.60. The van der Waals surface area contributed by atoms with E-state index in [0.29, 0.717) is 12.5 Å². The third-order valence-corrected chi connectivity index (χ3v) is 2.66. The second-order valence-corrected chi connectivity index (χ2v) is 3.65. The molecule has 1 fully saturated rings. The molecule has 1 aromatic rings. The highest BCUT2D eigenvalue weighted by Gasteiger charge is 2.22. The molecule has 0 N–H and O–H groups in total. The van der Waals surface area contributed by atoms with Crippen LogP contribution in [0.5, 0.6) is 0 Å². The van der Waals surface area contributed by atoms with E-state index in [9.17, 15) is 4.79 Å². The van der Waals surface area contributed by atoms with Crippen molar-refractivity contribution in [1.82, 2.24) is 9.97 Å². The van der Waals surface area contributed by atoms with Gasteiger partial charge in [-0.1, -0.05) is 6.42 Å². The van der Waals surface area contributed by atoms with Gasteiger partial charge in [0.2, 0.25) is 5.82 Å². The van der Waals surface area contributed by atoms with Crippen molar-refractivity contribution in [2.45, 2.75) is 32.1 Å². The molecule has 4 heteroatoms. The highest BCUT2D eigenvalue weighted by molar-refractivity contribution is 5.85. The molecule has 1 aliphatic carbocycles. The number of ether oxygens (including phenoxy) is 1. The first-order chi connectivity index (χ1) is 7.31. The van der Waals surface area contributed by atoms with Crippen LogP contribution in [0, 0.1) is 0 Å². The van der Waals surface area contributed by atoms with Crippen LogP contribution in [0.15, 0.2) is 12.3 Å². The fraction of sp³-hybridized carbons (Fsp3) is 0.545. The Hall–Kier alpha value is -1.45. The molecule has 0 unspecified atom stereocenters. The summed E-state index contributed by atoms with van der Waals surface area (Å²) in [4.78, 5) is 19.5. The number of carbonyl (C=O) groups excluding carboxylic acids is 1. The maximum atomic E-state index is 11.4. The number of aromatic nitrogens is 2. The van der Waals surface area contributed by atoms with Crippen molar-refractivity contribution in [3.05, 3.63) is 23.8 Å². The molecule has 0 amide bonds. The SMILES string of the molecule is CCOC(=O)c1nccc(C2CCC2)n1. The third-order valence-electron chi connectivity index (χ3n) is 2.66. The summed E-state index contributed by atoms with van der Waals surface area (Å²) in [5.74, 6) is 0.265. The smallest absolute Gasteiger partial charge is 0.376 e. The lowest BCUT2D eigenvalue weighted by Gasteiger charge is -2.24. The van der Waals surface area contributed by atoms with Gasteiger partial charge < -0.3 is 4.74 Å². The third kappa shape index (κ3) is 2.14. The Morgan fingerprint density at radius 2 is 2.40 bits per heavy atom. The molecule has 0 bridgehead atoms. The molecule has 2 rings (SSSR count). The topological polar surface area (TPSA) is 52.1 Å². The quantitative estimate of drug-likeness (QED) is 0.709. The Balaban J connectivity index is 2.14. The van der Waals surface area contributed by atoms with Crippen molar-refractivity contribution >= 4 is 5.97 Å². The first kappa shape index (κ1) is 10.1. The van der Waals surface area contributed by atoms with Crippen LogP contribution in [0.3, 0.4) is 0 Å². The lowest BCUT2D eigenvalue weighted by atomic mass is 9.83. The minimum atomic E-state index is -0.432. The minimum absolute atomic E-state index is 0.182. The van der Waals surface area contributed by atoms with E-state index in [2.05, 4.69) is 9.97 Å². The molecular weight excluding hydrogens is 192 g/mol. The number of esters is 1. The number of rotatable bonds is 3. The molecule has 1 aromatic heterocycles. The van der Waals surface area contributed by atoms with Crippen molar-refractivity contribution in [1.29, 1.82) is 0 Å². The molecule has 1 saturated carbocycles. The number of carbonyl (C=O) groups is 1. The molecule has 1 heterocycles. The number of hydrogen-bond acceptors (Lipinski definition) is 4. The average Bonchev–Trinajstić information content (AvgIpc) is 2.16. The molecule has 0 aromatic carbocycles. The molecule has 0 saturated heterocycles. The molecule has 0 aliphatic heterocycles. The van der Waals surface area contributed by atoms with E-state index < -0.39 is 5.97 Å². The van der Waals surface area contributed by atoms with E-state index in [1.807, 2.05) is 6.07 Å². The molecule has 15 heavy (non-hydrogen) atoms. The summed E-state index contributed by atoms with van der Waals surface area (Å²) in [5.41, 5.74) is 0.972. The fourth-order valence-corrected chi connectivity index (χ4v) is 1.60. The van der Waals surface area contributed by atoms with E-state index in [1.165, 1.54) is 19.3 Å². The molecule has 80 valence electrons. The Labute approximate surface area is 88.7 Å². The zero-order chi connectivity index (χ0) is 10.7. The van der Waals surface area contributed by atoms with E-state index in [4.69, 9.17) is 4.74 Å². The van der Waals surface area contributed by atoms with Crippen molar-refractivity contribution in [3.63, 3.8) is 0 Å². The zero-order valence-electron chi connectivity index (χ0n) is 8.77. The Bertz CT molecular complexity index is 361.